The molecule has 19 heavy (non-hydrogen) atoms. The van der Waals surface area contributed by atoms with Crippen LogP contribution in [0.3, 0.4) is 0 Å². The van der Waals surface area contributed by atoms with Crippen LogP contribution in [0.25, 0.3) is 0 Å². The van der Waals surface area contributed by atoms with E-state index in [4.69, 9.17) is 4.74 Å². The van der Waals surface area contributed by atoms with Gasteiger partial charge >= 0.3 is 0 Å². The summed E-state index contributed by atoms with van der Waals surface area (Å²) in [6.45, 7) is 4.76. The van der Waals surface area contributed by atoms with Crippen LogP contribution in [0.4, 0.5) is 0 Å². The number of nitrogens with one attached hydrogen (secondary N) is 1. The number of benzene rings is 1. The molecule has 1 aromatic carbocycles. The zero-order valence-electron chi connectivity index (χ0n) is 11.3. The largest absolute Gasteiger partial charge is 0.488 e. The summed E-state index contributed by atoms with van der Waals surface area (Å²) in [5.41, 5.74) is 1.38. The number of rotatable bonds is 2. The van der Waals surface area contributed by atoms with Gasteiger partial charge in [-0.2, -0.15) is 0 Å². The molecule has 0 aromatic heterocycles. The Kier molecular flexibility index (Phi) is 2.97. The monoisotopic (exact) mass is 258 g/mol. The van der Waals surface area contributed by atoms with Gasteiger partial charge in [0.1, 0.15) is 11.9 Å². The standard InChI is InChI=1S/C16H22N2O/c1-2-6-16-12(4-1)8-14(19-16)10-18-9-13-5-3-7-17-15(13)11-18/h1-2,4,6,13-15,17H,3,5,7-11H2/t13-,14?,15+/m0/s1. The van der Waals surface area contributed by atoms with Gasteiger partial charge in [-0.15, -0.1) is 0 Å². The highest BCUT2D eigenvalue weighted by atomic mass is 16.5. The van der Waals surface area contributed by atoms with Gasteiger partial charge in [0.25, 0.3) is 0 Å². The summed E-state index contributed by atoms with van der Waals surface area (Å²) in [6.07, 6.45) is 4.19. The number of ether oxygens (including phenoxy) is 1. The molecule has 0 aliphatic carbocycles. The summed E-state index contributed by atoms with van der Waals surface area (Å²) in [6, 6.07) is 9.20. The number of para-hydroxylation sites is 1. The minimum Gasteiger partial charge on any atom is -0.488 e. The molecule has 3 atom stereocenters. The SMILES string of the molecule is c1ccc2c(c1)CC(CN1C[C@@H]3CCCN[C@@H]3C1)O2. The van der Waals surface area contributed by atoms with E-state index in [1.807, 2.05) is 0 Å². The van der Waals surface area contributed by atoms with Crippen molar-refractivity contribution in [2.75, 3.05) is 26.2 Å². The Morgan fingerprint density at radius 3 is 3.11 bits per heavy atom. The van der Waals surface area contributed by atoms with Crippen molar-refractivity contribution in [1.29, 1.82) is 0 Å². The normalized spacial score (nSPS) is 33.8. The number of fused-ring (bicyclic) bond motifs is 2. The van der Waals surface area contributed by atoms with E-state index in [0.29, 0.717) is 6.10 Å². The van der Waals surface area contributed by atoms with Crippen molar-refractivity contribution in [1.82, 2.24) is 10.2 Å². The minimum absolute atomic E-state index is 0.359. The zero-order valence-corrected chi connectivity index (χ0v) is 11.3. The average molecular weight is 258 g/mol. The van der Waals surface area contributed by atoms with Crippen LogP contribution in [0.2, 0.25) is 0 Å². The van der Waals surface area contributed by atoms with Crippen molar-refractivity contribution in [2.45, 2.75) is 31.4 Å². The van der Waals surface area contributed by atoms with Crippen molar-refractivity contribution in [3.05, 3.63) is 29.8 Å². The second-order valence-corrected chi connectivity index (χ2v) is 6.23. The predicted molar refractivity (Wildman–Crippen MR) is 75.5 cm³/mol. The number of piperidine rings is 1. The lowest BCUT2D eigenvalue weighted by atomic mass is 9.94. The molecule has 4 rings (SSSR count). The minimum atomic E-state index is 0.359. The summed E-state index contributed by atoms with van der Waals surface area (Å²) in [5.74, 6) is 1.97. The van der Waals surface area contributed by atoms with Gasteiger partial charge in [-0.1, -0.05) is 18.2 Å². The first-order chi connectivity index (χ1) is 9.38. The lowest BCUT2D eigenvalue weighted by Crippen LogP contribution is -2.41. The van der Waals surface area contributed by atoms with Crippen LogP contribution in [0.1, 0.15) is 18.4 Å². The van der Waals surface area contributed by atoms with Crippen LogP contribution < -0.4 is 10.1 Å². The maximum atomic E-state index is 6.06. The third kappa shape index (κ3) is 2.26. The van der Waals surface area contributed by atoms with Gasteiger partial charge in [-0.3, -0.25) is 4.90 Å². The van der Waals surface area contributed by atoms with Gasteiger partial charge in [-0.05, 0) is 36.9 Å². The topological polar surface area (TPSA) is 24.5 Å². The summed E-state index contributed by atoms with van der Waals surface area (Å²) < 4.78 is 6.06. The number of hydrogen-bond donors (Lipinski definition) is 1. The molecule has 102 valence electrons. The highest BCUT2D eigenvalue weighted by Crippen LogP contribution is 2.30. The highest BCUT2D eigenvalue weighted by molar-refractivity contribution is 5.37. The fourth-order valence-electron chi connectivity index (χ4n) is 3.93. The molecule has 0 radical (unpaired) electrons. The van der Waals surface area contributed by atoms with Crippen LogP contribution in [0, 0.1) is 5.92 Å². The van der Waals surface area contributed by atoms with E-state index in [-0.39, 0.29) is 0 Å². The molecule has 1 N–H and O–H groups in total. The first-order valence-corrected chi connectivity index (χ1v) is 7.59. The molecule has 0 spiro atoms. The molecule has 1 unspecified atom stereocenters. The molecule has 3 heteroatoms. The molecule has 0 saturated carbocycles. The Labute approximate surface area is 114 Å². The maximum absolute atomic E-state index is 6.06. The fourth-order valence-corrected chi connectivity index (χ4v) is 3.93. The lowest BCUT2D eigenvalue weighted by Gasteiger charge is -2.24. The molecule has 3 aliphatic rings. The van der Waals surface area contributed by atoms with E-state index in [2.05, 4.69) is 34.5 Å². The summed E-state index contributed by atoms with van der Waals surface area (Å²) in [5, 5.41) is 3.67. The van der Waals surface area contributed by atoms with Crippen LogP contribution in [0.15, 0.2) is 24.3 Å². The number of hydrogen-bond acceptors (Lipinski definition) is 3. The van der Waals surface area contributed by atoms with Crippen molar-refractivity contribution in [3.8, 4) is 5.75 Å². The van der Waals surface area contributed by atoms with Crippen LogP contribution in [-0.4, -0.2) is 43.2 Å². The smallest absolute Gasteiger partial charge is 0.123 e. The Balaban J connectivity index is 1.37. The van der Waals surface area contributed by atoms with E-state index >= 15 is 0 Å². The third-order valence-electron chi connectivity index (χ3n) is 4.85. The molecule has 3 aliphatic heterocycles. The molecule has 0 amide bonds. The Hall–Kier alpha value is -1.06. The Morgan fingerprint density at radius 1 is 1.26 bits per heavy atom. The van der Waals surface area contributed by atoms with Gasteiger partial charge in [-0.25, -0.2) is 0 Å². The molecule has 3 heterocycles. The van der Waals surface area contributed by atoms with E-state index in [1.165, 1.54) is 38.0 Å². The fraction of sp³-hybridized carbons (Fsp3) is 0.625. The molecule has 0 bridgehead atoms. The van der Waals surface area contributed by atoms with Crippen LogP contribution in [0.5, 0.6) is 5.75 Å². The summed E-state index contributed by atoms with van der Waals surface area (Å²) in [7, 11) is 0. The van der Waals surface area contributed by atoms with Crippen molar-refractivity contribution in [3.63, 3.8) is 0 Å². The highest BCUT2D eigenvalue weighted by Gasteiger charge is 2.36. The van der Waals surface area contributed by atoms with Crippen molar-refractivity contribution >= 4 is 0 Å². The first kappa shape index (κ1) is 11.7. The number of nitrogens with zero attached hydrogens (tertiary/aromatic N) is 1. The van der Waals surface area contributed by atoms with Gasteiger partial charge in [0, 0.05) is 32.1 Å². The Bertz CT molecular complexity index is 423. The van der Waals surface area contributed by atoms with E-state index < -0.39 is 0 Å². The summed E-state index contributed by atoms with van der Waals surface area (Å²) in [4.78, 5) is 2.60. The first-order valence-electron chi connectivity index (χ1n) is 7.59. The van der Waals surface area contributed by atoms with E-state index in [1.54, 1.807) is 0 Å². The number of likely N-dealkylation sites (tertiary alicyclic amines) is 1. The van der Waals surface area contributed by atoms with Gasteiger partial charge in [0.05, 0.1) is 0 Å². The second kappa shape index (κ2) is 4.80. The van der Waals surface area contributed by atoms with Gasteiger partial charge in [0.15, 0.2) is 0 Å². The zero-order chi connectivity index (χ0) is 12.7. The maximum Gasteiger partial charge on any atom is 0.123 e. The molecule has 2 fully saturated rings. The summed E-state index contributed by atoms with van der Waals surface area (Å²) >= 11 is 0. The van der Waals surface area contributed by atoms with Crippen LogP contribution in [-0.2, 0) is 6.42 Å². The Morgan fingerprint density at radius 2 is 2.21 bits per heavy atom. The van der Waals surface area contributed by atoms with Gasteiger partial charge < -0.3 is 10.1 Å². The van der Waals surface area contributed by atoms with Crippen molar-refractivity contribution < 1.29 is 4.74 Å². The van der Waals surface area contributed by atoms with E-state index in [9.17, 15) is 0 Å². The molecular formula is C16H22N2O. The lowest BCUT2D eigenvalue weighted by molar-refractivity contribution is 0.165. The van der Waals surface area contributed by atoms with Crippen molar-refractivity contribution in [2.24, 2.45) is 5.92 Å². The van der Waals surface area contributed by atoms with Crippen LogP contribution >= 0.6 is 0 Å². The average Bonchev–Trinajstić information content (AvgIpc) is 3.00. The molecule has 1 aromatic rings. The molecular weight excluding hydrogens is 236 g/mol. The third-order valence-corrected chi connectivity index (χ3v) is 4.85. The predicted octanol–water partition coefficient (Wildman–Crippen LogP) is 1.67. The molecule has 2 saturated heterocycles. The van der Waals surface area contributed by atoms with Gasteiger partial charge in [0.2, 0.25) is 0 Å². The molecule has 3 nitrogen and oxygen atoms in total. The second-order valence-electron chi connectivity index (χ2n) is 6.23. The quantitative estimate of drug-likeness (QED) is 0.873. The van der Waals surface area contributed by atoms with E-state index in [0.717, 1.165) is 30.7 Å².